The summed E-state index contributed by atoms with van der Waals surface area (Å²) in [5.41, 5.74) is 9.39. The first-order valence-corrected chi connectivity index (χ1v) is 12.6. The highest BCUT2D eigenvalue weighted by Crippen LogP contribution is 2.50. The summed E-state index contributed by atoms with van der Waals surface area (Å²) in [6, 6.07) is 8.76. The number of nitrogens with two attached hydrogens (primary N) is 1. The van der Waals surface area contributed by atoms with Crippen LogP contribution in [0.3, 0.4) is 0 Å². The van der Waals surface area contributed by atoms with Crippen LogP contribution in [0.5, 0.6) is 0 Å². The maximum atomic E-state index is 13.5. The number of fused-ring (bicyclic) bond motifs is 2. The summed E-state index contributed by atoms with van der Waals surface area (Å²) in [6.07, 6.45) is 2.78. The van der Waals surface area contributed by atoms with Crippen molar-refractivity contribution in [3.05, 3.63) is 71.6 Å². The summed E-state index contributed by atoms with van der Waals surface area (Å²) in [5.74, 6) is 0.786. The van der Waals surface area contributed by atoms with Crippen LogP contribution in [0.2, 0.25) is 0 Å². The minimum Gasteiger partial charge on any atom is -0.355 e. The van der Waals surface area contributed by atoms with E-state index in [-0.39, 0.29) is 16.4 Å². The Balaban J connectivity index is 1.29. The van der Waals surface area contributed by atoms with E-state index in [4.69, 9.17) is 10.7 Å². The Kier molecular flexibility index (Phi) is 5.45. The summed E-state index contributed by atoms with van der Waals surface area (Å²) in [7, 11) is 0. The number of hydrogen-bond acceptors (Lipinski definition) is 7. The highest BCUT2D eigenvalue weighted by molar-refractivity contribution is 7.99. The van der Waals surface area contributed by atoms with E-state index in [1.54, 1.807) is 17.6 Å². The molecule has 0 radical (unpaired) electrons. The highest BCUT2D eigenvalue weighted by Gasteiger charge is 2.47. The molecule has 36 heavy (non-hydrogen) atoms. The van der Waals surface area contributed by atoms with Gasteiger partial charge in [-0.15, -0.1) is 0 Å². The van der Waals surface area contributed by atoms with E-state index in [9.17, 15) is 13.2 Å². The van der Waals surface area contributed by atoms with E-state index in [2.05, 4.69) is 26.0 Å². The molecule has 1 atom stereocenters. The van der Waals surface area contributed by atoms with Crippen molar-refractivity contribution in [2.45, 2.75) is 48.3 Å². The van der Waals surface area contributed by atoms with Crippen molar-refractivity contribution in [1.82, 2.24) is 24.6 Å². The van der Waals surface area contributed by atoms with Crippen molar-refractivity contribution in [3.63, 3.8) is 0 Å². The minimum absolute atomic E-state index is 0.0111. The minimum atomic E-state index is -4.55. The Bertz CT molecular complexity index is 1440. The number of rotatable bonds is 3. The van der Waals surface area contributed by atoms with Crippen LogP contribution < -0.4 is 10.6 Å². The molecule has 1 spiro atoms. The standard InChI is InChI=1S/C25H24F3N7S/c1-15-23(36-19-5-3-10-31-21(19)25(26,27)28)35-18(6-11-32-35)22(33-15)34-12-7-24(8-13-34)14-17-16(20(24)29)4-2-9-30-17/h2-6,9-11,20H,7-8,12-14,29H2,1H3/t20-/m1/s1. The zero-order valence-corrected chi connectivity index (χ0v) is 20.4. The van der Waals surface area contributed by atoms with Gasteiger partial charge in [-0.2, -0.15) is 18.3 Å². The molecule has 0 aromatic carbocycles. The Labute approximate surface area is 210 Å². The number of anilines is 1. The van der Waals surface area contributed by atoms with Crippen LogP contribution in [0.1, 0.15) is 41.5 Å². The molecule has 186 valence electrons. The molecule has 0 saturated carbocycles. The average molecular weight is 512 g/mol. The first-order chi connectivity index (χ1) is 17.3. The van der Waals surface area contributed by atoms with Crippen LogP contribution in [0, 0.1) is 12.3 Å². The first kappa shape index (κ1) is 23.2. The molecule has 5 heterocycles. The fourth-order valence-corrected chi connectivity index (χ4v) is 6.54. The molecule has 4 aromatic heterocycles. The quantitative estimate of drug-likeness (QED) is 0.421. The molecule has 0 amide bonds. The summed E-state index contributed by atoms with van der Waals surface area (Å²) < 4.78 is 42.2. The molecule has 6 rings (SSSR count). The number of piperidine rings is 1. The smallest absolute Gasteiger partial charge is 0.355 e. The van der Waals surface area contributed by atoms with Gasteiger partial charge in [0.15, 0.2) is 11.5 Å². The number of nitrogens with zero attached hydrogens (tertiary/aromatic N) is 6. The Hall–Kier alpha value is -3.18. The molecule has 1 saturated heterocycles. The van der Waals surface area contributed by atoms with Crippen molar-refractivity contribution < 1.29 is 13.2 Å². The Morgan fingerprint density at radius 1 is 1.06 bits per heavy atom. The van der Waals surface area contributed by atoms with Crippen LogP contribution in [-0.4, -0.2) is 37.7 Å². The zero-order valence-electron chi connectivity index (χ0n) is 19.5. The third-order valence-corrected chi connectivity index (χ3v) is 8.60. The number of hydrogen-bond donors (Lipinski definition) is 1. The van der Waals surface area contributed by atoms with Crippen molar-refractivity contribution >= 4 is 23.1 Å². The molecule has 0 bridgehead atoms. The lowest BCUT2D eigenvalue weighted by molar-refractivity contribution is -0.143. The summed E-state index contributed by atoms with van der Waals surface area (Å²) >= 11 is 0.979. The number of aromatic nitrogens is 5. The average Bonchev–Trinajstić information content (AvgIpc) is 3.45. The first-order valence-electron chi connectivity index (χ1n) is 11.8. The molecule has 1 aliphatic carbocycles. The van der Waals surface area contributed by atoms with Gasteiger partial charge < -0.3 is 10.6 Å². The van der Waals surface area contributed by atoms with Gasteiger partial charge in [-0.3, -0.25) is 9.97 Å². The van der Waals surface area contributed by atoms with Crippen molar-refractivity contribution in [2.24, 2.45) is 11.1 Å². The van der Waals surface area contributed by atoms with Crippen LogP contribution >= 0.6 is 11.8 Å². The largest absolute Gasteiger partial charge is 0.434 e. The molecular formula is C25H24F3N7S. The number of halogens is 3. The fourth-order valence-electron chi connectivity index (χ4n) is 5.50. The van der Waals surface area contributed by atoms with E-state index in [1.807, 2.05) is 18.3 Å². The molecule has 7 nitrogen and oxygen atoms in total. The predicted molar refractivity (Wildman–Crippen MR) is 130 cm³/mol. The SMILES string of the molecule is Cc1nc(N2CCC3(CC2)Cc2ncccc2[C@H]3N)c2ccnn2c1Sc1cccnc1C(F)(F)F. The van der Waals surface area contributed by atoms with Crippen LogP contribution in [-0.2, 0) is 12.6 Å². The second-order valence-corrected chi connectivity index (χ2v) is 10.5. The normalized spacial score (nSPS) is 19.2. The maximum absolute atomic E-state index is 13.5. The van der Waals surface area contributed by atoms with Gasteiger partial charge >= 0.3 is 6.18 Å². The van der Waals surface area contributed by atoms with Gasteiger partial charge in [0, 0.05) is 42.1 Å². The van der Waals surface area contributed by atoms with Gasteiger partial charge in [0.1, 0.15) is 10.5 Å². The van der Waals surface area contributed by atoms with Crippen LogP contribution in [0.25, 0.3) is 5.52 Å². The molecule has 4 aromatic rings. The van der Waals surface area contributed by atoms with Gasteiger partial charge in [-0.1, -0.05) is 17.8 Å². The van der Waals surface area contributed by atoms with E-state index in [0.717, 1.165) is 72.9 Å². The van der Waals surface area contributed by atoms with E-state index >= 15 is 0 Å². The van der Waals surface area contributed by atoms with E-state index in [1.165, 1.54) is 12.1 Å². The van der Waals surface area contributed by atoms with Crippen LogP contribution in [0.4, 0.5) is 19.0 Å². The molecule has 2 N–H and O–H groups in total. The summed E-state index contributed by atoms with van der Waals surface area (Å²) in [5, 5.41) is 4.96. The second-order valence-electron chi connectivity index (χ2n) is 9.45. The fraction of sp³-hybridized carbons (Fsp3) is 0.360. The molecule has 1 aliphatic heterocycles. The van der Waals surface area contributed by atoms with Gasteiger partial charge in [-0.05, 0) is 61.4 Å². The topological polar surface area (TPSA) is 85.2 Å². The molecule has 0 unspecified atom stereocenters. The zero-order chi connectivity index (χ0) is 25.1. The third-order valence-electron chi connectivity index (χ3n) is 7.39. The maximum Gasteiger partial charge on any atom is 0.434 e. The molecular weight excluding hydrogens is 487 g/mol. The molecule has 11 heteroatoms. The second kappa shape index (κ2) is 8.45. The van der Waals surface area contributed by atoms with E-state index in [0.29, 0.717) is 10.7 Å². The van der Waals surface area contributed by atoms with Crippen molar-refractivity contribution in [1.29, 1.82) is 0 Å². The Morgan fingerprint density at radius 3 is 2.56 bits per heavy atom. The summed E-state index contributed by atoms with van der Waals surface area (Å²) in [4.78, 5) is 15.2. The van der Waals surface area contributed by atoms with Gasteiger partial charge in [0.05, 0.1) is 11.9 Å². The number of pyridine rings is 2. The monoisotopic (exact) mass is 511 g/mol. The molecule has 1 fully saturated rings. The molecule has 2 aliphatic rings. The number of alkyl halides is 3. The summed E-state index contributed by atoms with van der Waals surface area (Å²) in [6.45, 7) is 3.36. The predicted octanol–water partition coefficient (Wildman–Crippen LogP) is 4.84. The Morgan fingerprint density at radius 2 is 1.81 bits per heavy atom. The van der Waals surface area contributed by atoms with Crippen LogP contribution in [0.15, 0.2) is 58.8 Å². The van der Waals surface area contributed by atoms with Crippen molar-refractivity contribution in [3.8, 4) is 0 Å². The van der Waals surface area contributed by atoms with Gasteiger partial charge in [0.25, 0.3) is 0 Å². The van der Waals surface area contributed by atoms with E-state index < -0.39 is 11.9 Å². The van der Waals surface area contributed by atoms with Gasteiger partial charge in [0.2, 0.25) is 0 Å². The lowest BCUT2D eigenvalue weighted by atomic mass is 9.73. The lowest BCUT2D eigenvalue weighted by Gasteiger charge is -2.42. The third kappa shape index (κ3) is 3.72. The lowest BCUT2D eigenvalue weighted by Crippen LogP contribution is -2.44. The highest BCUT2D eigenvalue weighted by atomic mass is 32.2. The van der Waals surface area contributed by atoms with Gasteiger partial charge in [-0.25, -0.2) is 9.50 Å². The number of aryl methyl sites for hydroxylation is 1. The van der Waals surface area contributed by atoms with Crippen molar-refractivity contribution in [2.75, 3.05) is 18.0 Å².